The van der Waals surface area contributed by atoms with E-state index in [9.17, 15) is 0 Å². The second-order valence-electron chi connectivity index (χ2n) is 3.90. The summed E-state index contributed by atoms with van der Waals surface area (Å²) < 4.78 is 0. The van der Waals surface area contributed by atoms with Crippen LogP contribution in [0.3, 0.4) is 0 Å². The lowest BCUT2D eigenvalue weighted by atomic mass is 9.83. The van der Waals surface area contributed by atoms with E-state index in [-0.39, 0.29) is 5.41 Å². The first-order chi connectivity index (χ1) is 4.56. The zero-order chi connectivity index (χ0) is 7.78. The van der Waals surface area contributed by atoms with E-state index in [1.54, 1.807) is 0 Å². The molecule has 0 bridgehead atoms. The lowest BCUT2D eigenvalue weighted by Gasteiger charge is -2.23. The van der Waals surface area contributed by atoms with Crippen LogP contribution < -0.4 is 0 Å². The molecule has 0 unspecified atom stereocenters. The molecule has 0 heterocycles. The first-order valence-electron chi connectivity index (χ1n) is 3.85. The molecule has 0 aromatic rings. The van der Waals surface area contributed by atoms with Crippen molar-refractivity contribution in [2.45, 2.75) is 27.2 Å². The van der Waals surface area contributed by atoms with Crippen LogP contribution in [-0.4, -0.2) is 11.7 Å². The van der Waals surface area contributed by atoms with Crippen LogP contribution in [0.25, 0.3) is 0 Å². The predicted molar refractivity (Wildman–Crippen MR) is 42.7 cm³/mol. The summed E-state index contributed by atoms with van der Waals surface area (Å²) in [6.07, 6.45) is 3.34. The Kier molecular flexibility index (Phi) is 1.86. The summed E-state index contributed by atoms with van der Waals surface area (Å²) in [4.78, 5) is 0. The summed E-state index contributed by atoms with van der Waals surface area (Å²) in [6, 6.07) is 0. The first kappa shape index (κ1) is 7.80. The van der Waals surface area contributed by atoms with Gasteiger partial charge >= 0.3 is 0 Å². The highest BCUT2D eigenvalue weighted by atomic mass is 16.3. The smallest absolute Gasteiger partial charge is 0.0470 e. The summed E-state index contributed by atoms with van der Waals surface area (Å²) in [6.45, 7) is 6.83. The molecule has 1 aliphatic rings. The minimum absolute atomic E-state index is 0.221. The third-order valence-electron chi connectivity index (χ3n) is 2.46. The van der Waals surface area contributed by atoms with Crippen LogP contribution in [0.2, 0.25) is 0 Å². The Morgan fingerprint density at radius 3 is 2.50 bits per heavy atom. The molecule has 10 heavy (non-hydrogen) atoms. The van der Waals surface area contributed by atoms with Gasteiger partial charge in [-0.15, -0.1) is 0 Å². The zero-order valence-electron chi connectivity index (χ0n) is 7.02. The van der Waals surface area contributed by atoms with E-state index in [0.29, 0.717) is 12.5 Å². The van der Waals surface area contributed by atoms with Crippen molar-refractivity contribution < 1.29 is 5.11 Å². The van der Waals surface area contributed by atoms with Gasteiger partial charge in [0, 0.05) is 6.61 Å². The fraction of sp³-hybridized carbons (Fsp3) is 0.778. The number of hydrogen-bond donors (Lipinski definition) is 1. The number of hydrogen-bond acceptors (Lipinski definition) is 1. The average molecular weight is 140 g/mol. The molecule has 1 rings (SSSR count). The lowest BCUT2D eigenvalue weighted by molar-refractivity contribution is 0.163. The van der Waals surface area contributed by atoms with Crippen LogP contribution >= 0.6 is 0 Å². The second kappa shape index (κ2) is 2.39. The molecular formula is C9H16O. The van der Waals surface area contributed by atoms with Crippen molar-refractivity contribution in [3.05, 3.63) is 11.6 Å². The Labute approximate surface area is 62.8 Å². The van der Waals surface area contributed by atoms with Crippen LogP contribution in [0.5, 0.6) is 0 Å². The van der Waals surface area contributed by atoms with Crippen molar-refractivity contribution in [2.75, 3.05) is 6.61 Å². The van der Waals surface area contributed by atoms with Crippen LogP contribution in [0.1, 0.15) is 27.2 Å². The standard InChI is InChI=1S/C9H16O/c1-7-4-8(6-10)9(2,3)5-7/h5,8,10H,4,6H2,1-3H3/t8-/m0/s1. The average Bonchev–Trinajstić information content (AvgIpc) is 2.04. The number of aliphatic hydroxyl groups is 1. The molecule has 0 saturated heterocycles. The molecule has 0 saturated carbocycles. The van der Waals surface area contributed by atoms with Crippen LogP contribution in [0.4, 0.5) is 0 Å². The van der Waals surface area contributed by atoms with Gasteiger partial charge in [-0.05, 0) is 24.7 Å². The number of allylic oxidation sites excluding steroid dienone is 2. The molecule has 1 nitrogen and oxygen atoms in total. The van der Waals surface area contributed by atoms with Gasteiger partial charge in [0.2, 0.25) is 0 Å². The summed E-state index contributed by atoms with van der Waals surface area (Å²) in [5.41, 5.74) is 1.64. The van der Waals surface area contributed by atoms with Gasteiger partial charge in [0.05, 0.1) is 0 Å². The largest absolute Gasteiger partial charge is 0.396 e. The van der Waals surface area contributed by atoms with Crippen molar-refractivity contribution in [3.8, 4) is 0 Å². The van der Waals surface area contributed by atoms with E-state index in [0.717, 1.165) is 6.42 Å². The fourth-order valence-corrected chi connectivity index (χ4v) is 1.76. The maximum absolute atomic E-state index is 8.99. The normalized spacial score (nSPS) is 30.4. The van der Waals surface area contributed by atoms with Crippen molar-refractivity contribution in [3.63, 3.8) is 0 Å². The summed E-state index contributed by atoms with van der Waals surface area (Å²) >= 11 is 0. The van der Waals surface area contributed by atoms with Crippen molar-refractivity contribution in [1.82, 2.24) is 0 Å². The topological polar surface area (TPSA) is 20.2 Å². The third kappa shape index (κ3) is 1.24. The van der Waals surface area contributed by atoms with Crippen molar-refractivity contribution in [1.29, 1.82) is 0 Å². The molecule has 1 aliphatic carbocycles. The van der Waals surface area contributed by atoms with Gasteiger partial charge < -0.3 is 5.11 Å². The van der Waals surface area contributed by atoms with Crippen LogP contribution in [0, 0.1) is 11.3 Å². The van der Waals surface area contributed by atoms with E-state index in [2.05, 4.69) is 26.8 Å². The minimum atomic E-state index is 0.221. The molecule has 0 fully saturated rings. The molecular weight excluding hydrogens is 124 g/mol. The van der Waals surface area contributed by atoms with Gasteiger partial charge in [0.1, 0.15) is 0 Å². The van der Waals surface area contributed by atoms with Crippen molar-refractivity contribution >= 4 is 0 Å². The predicted octanol–water partition coefficient (Wildman–Crippen LogP) is 1.97. The van der Waals surface area contributed by atoms with Crippen LogP contribution in [0.15, 0.2) is 11.6 Å². The molecule has 0 radical (unpaired) electrons. The summed E-state index contributed by atoms with van der Waals surface area (Å²) in [5.74, 6) is 0.451. The molecule has 0 aromatic heterocycles. The van der Waals surface area contributed by atoms with E-state index in [1.165, 1.54) is 5.57 Å². The highest BCUT2D eigenvalue weighted by Gasteiger charge is 2.31. The van der Waals surface area contributed by atoms with E-state index < -0.39 is 0 Å². The zero-order valence-corrected chi connectivity index (χ0v) is 7.02. The molecule has 58 valence electrons. The Bertz CT molecular complexity index is 156. The maximum atomic E-state index is 8.99. The molecule has 1 atom stereocenters. The second-order valence-corrected chi connectivity index (χ2v) is 3.90. The van der Waals surface area contributed by atoms with Crippen LogP contribution in [-0.2, 0) is 0 Å². The summed E-state index contributed by atoms with van der Waals surface area (Å²) in [7, 11) is 0. The van der Waals surface area contributed by atoms with Gasteiger partial charge in [0.15, 0.2) is 0 Å². The Morgan fingerprint density at radius 1 is 1.70 bits per heavy atom. The summed E-state index contributed by atoms with van der Waals surface area (Å²) in [5, 5.41) is 8.99. The first-order valence-corrected chi connectivity index (χ1v) is 3.85. The van der Waals surface area contributed by atoms with Crippen molar-refractivity contribution in [2.24, 2.45) is 11.3 Å². The van der Waals surface area contributed by atoms with E-state index in [4.69, 9.17) is 5.11 Å². The van der Waals surface area contributed by atoms with Gasteiger partial charge in [0.25, 0.3) is 0 Å². The highest BCUT2D eigenvalue weighted by molar-refractivity contribution is 5.15. The van der Waals surface area contributed by atoms with E-state index in [1.807, 2.05) is 0 Å². The van der Waals surface area contributed by atoms with Gasteiger partial charge in [-0.3, -0.25) is 0 Å². The molecule has 1 N–H and O–H groups in total. The third-order valence-corrected chi connectivity index (χ3v) is 2.46. The Balaban J connectivity index is 2.71. The lowest BCUT2D eigenvalue weighted by Crippen LogP contribution is -2.20. The van der Waals surface area contributed by atoms with E-state index >= 15 is 0 Å². The van der Waals surface area contributed by atoms with Gasteiger partial charge in [-0.1, -0.05) is 25.5 Å². The molecule has 0 aromatic carbocycles. The minimum Gasteiger partial charge on any atom is -0.396 e. The SMILES string of the molecule is CC1=CC(C)(C)[C@H](CO)C1. The number of aliphatic hydroxyl groups excluding tert-OH is 1. The molecule has 0 spiro atoms. The Hall–Kier alpha value is -0.300. The maximum Gasteiger partial charge on any atom is 0.0470 e. The number of rotatable bonds is 1. The molecule has 0 amide bonds. The van der Waals surface area contributed by atoms with Gasteiger partial charge in [-0.2, -0.15) is 0 Å². The highest BCUT2D eigenvalue weighted by Crippen LogP contribution is 2.39. The quantitative estimate of drug-likeness (QED) is 0.552. The van der Waals surface area contributed by atoms with Gasteiger partial charge in [-0.25, -0.2) is 0 Å². The monoisotopic (exact) mass is 140 g/mol. The molecule has 1 heteroatoms. The molecule has 0 aliphatic heterocycles. The fourth-order valence-electron chi connectivity index (χ4n) is 1.76. The Morgan fingerprint density at radius 2 is 2.30 bits per heavy atom.